The number of hydrogen-bond acceptors (Lipinski definition) is 4. The monoisotopic (exact) mass is 269 g/mol. The molecule has 3 aromatic rings. The number of ether oxygens (including phenoxy) is 1. The van der Waals surface area contributed by atoms with E-state index in [1.165, 1.54) is 6.20 Å². The fourth-order valence-corrected chi connectivity index (χ4v) is 1.92. The van der Waals surface area contributed by atoms with Gasteiger partial charge in [0.25, 0.3) is 0 Å². The van der Waals surface area contributed by atoms with Crippen LogP contribution in [0.5, 0.6) is 5.75 Å². The Hall–Kier alpha value is -2.89. The minimum absolute atomic E-state index is 0.0237. The van der Waals surface area contributed by atoms with Crippen LogP contribution in [0.3, 0.4) is 0 Å². The van der Waals surface area contributed by atoms with E-state index in [2.05, 4.69) is 9.97 Å². The van der Waals surface area contributed by atoms with Gasteiger partial charge in [-0.15, -0.1) is 0 Å². The molecule has 6 nitrogen and oxygen atoms in total. The van der Waals surface area contributed by atoms with Gasteiger partial charge in [0.05, 0.1) is 7.11 Å². The molecular weight excluding hydrogens is 258 g/mol. The normalized spacial score (nSPS) is 10.7. The first-order chi connectivity index (χ1) is 9.67. The number of carboxylic acid groups (broad SMARTS) is 1. The molecule has 100 valence electrons. The van der Waals surface area contributed by atoms with Crippen LogP contribution in [0.1, 0.15) is 10.5 Å². The number of benzene rings is 1. The smallest absolute Gasteiger partial charge is 0.356 e. The average Bonchev–Trinajstić information content (AvgIpc) is 2.90. The van der Waals surface area contributed by atoms with Crippen molar-refractivity contribution >= 4 is 11.7 Å². The van der Waals surface area contributed by atoms with Gasteiger partial charge >= 0.3 is 5.97 Å². The summed E-state index contributed by atoms with van der Waals surface area (Å²) in [6.07, 6.45) is 4.90. The van der Waals surface area contributed by atoms with E-state index in [9.17, 15) is 4.79 Å². The second-order valence-electron chi connectivity index (χ2n) is 4.21. The van der Waals surface area contributed by atoms with E-state index in [4.69, 9.17) is 9.84 Å². The van der Waals surface area contributed by atoms with E-state index in [0.29, 0.717) is 5.78 Å². The van der Waals surface area contributed by atoms with Crippen LogP contribution in [0.2, 0.25) is 0 Å². The molecule has 0 unspecified atom stereocenters. The fraction of sp³-hybridized carbons (Fsp3) is 0.0714. The van der Waals surface area contributed by atoms with E-state index in [1.54, 1.807) is 23.9 Å². The molecule has 0 atom stereocenters. The van der Waals surface area contributed by atoms with Crippen LogP contribution in [-0.2, 0) is 0 Å². The molecule has 0 saturated carbocycles. The van der Waals surface area contributed by atoms with Gasteiger partial charge in [-0.3, -0.25) is 4.40 Å². The number of carboxylic acids is 1. The molecule has 3 rings (SSSR count). The van der Waals surface area contributed by atoms with Crippen molar-refractivity contribution in [2.24, 2.45) is 0 Å². The molecule has 0 spiro atoms. The van der Waals surface area contributed by atoms with Gasteiger partial charge in [0.15, 0.2) is 5.69 Å². The molecule has 0 aliphatic rings. The van der Waals surface area contributed by atoms with Crippen LogP contribution in [0.15, 0.2) is 42.9 Å². The van der Waals surface area contributed by atoms with Gasteiger partial charge in [-0.1, -0.05) is 12.1 Å². The van der Waals surface area contributed by atoms with E-state index in [-0.39, 0.29) is 5.69 Å². The number of carbonyl (C=O) groups is 1. The third kappa shape index (κ3) is 2.07. The highest BCUT2D eigenvalue weighted by Gasteiger charge is 2.10. The zero-order chi connectivity index (χ0) is 14.1. The second kappa shape index (κ2) is 4.65. The van der Waals surface area contributed by atoms with Crippen molar-refractivity contribution in [3.63, 3.8) is 0 Å². The molecule has 1 N–H and O–H groups in total. The SMILES string of the molecule is COc1ccc(-c2cnc3nc(C(=O)O)cn3c2)cc1. The standard InChI is InChI=1S/C14H11N3O3/c1-20-11-4-2-9(3-5-11)10-6-15-14-16-12(13(18)19)8-17(14)7-10/h2-8H,1H3,(H,18,19). The maximum absolute atomic E-state index is 10.9. The van der Waals surface area contributed by atoms with E-state index < -0.39 is 5.97 Å². The highest BCUT2D eigenvalue weighted by atomic mass is 16.5. The summed E-state index contributed by atoms with van der Waals surface area (Å²) in [4.78, 5) is 18.9. The largest absolute Gasteiger partial charge is 0.497 e. The summed E-state index contributed by atoms with van der Waals surface area (Å²) >= 11 is 0. The number of rotatable bonds is 3. The van der Waals surface area contributed by atoms with Gasteiger partial charge in [-0.05, 0) is 17.7 Å². The van der Waals surface area contributed by atoms with Crippen LogP contribution in [0.25, 0.3) is 16.9 Å². The van der Waals surface area contributed by atoms with Crippen molar-refractivity contribution in [2.75, 3.05) is 7.11 Å². The molecule has 0 aliphatic heterocycles. The van der Waals surface area contributed by atoms with Crippen molar-refractivity contribution < 1.29 is 14.6 Å². The number of nitrogens with zero attached hydrogens (tertiary/aromatic N) is 3. The summed E-state index contributed by atoms with van der Waals surface area (Å²) in [5.74, 6) is 0.0692. The lowest BCUT2D eigenvalue weighted by Crippen LogP contribution is -1.94. The van der Waals surface area contributed by atoms with Gasteiger partial charge in [0.2, 0.25) is 5.78 Å². The molecule has 1 aromatic carbocycles. The lowest BCUT2D eigenvalue weighted by Gasteiger charge is -2.03. The molecule has 0 saturated heterocycles. The van der Waals surface area contributed by atoms with Gasteiger partial charge in [-0.2, -0.15) is 0 Å². The summed E-state index contributed by atoms with van der Waals surface area (Å²) in [6, 6.07) is 7.54. The van der Waals surface area contributed by atoms with Crippen molar-refractivity contribution in [3.8, 4) is 16.9 Å². The average molecular weight is 269 g/mol. The summed E-state index contributed by atoms with van der Waals surface area (Å²) in [5, 5.41) is 8.91. The number of aromatic carboxylic acids is 1. The Balaban J connectivity index is 2.04. The maximum Gasteiger partial charge on any atom is 0.356 e. The van der Waals surface area contributed by atoms with Crippen molar-refractivity contribution in [3.05, 3.63) is 48.5 Å². The zero-order valence-corrected chi connectivity index (χ0v) is 10.6. The zero-order valence-electron chi connectivity index (χ0n) is 10.6. The molecule has 0 bridgehead atoms. The fourth-order valence-electron chi connectivity index (χ4n) is 1.92. The Bertz CT molecular complexity index is 778. The minimum atomic E-state index is -1.07. The second-order valence-corrected chi connectivity index (χ2v) is 4.21. The van der Waals surface area contributed by atoms with Gasteiger partial charge in [-0.25, -0.2) is 14.8 Å². The Morgan fingerprint density at radius 1 is 1.20 bits per heavy atom. The van der Waals surface area contributed by atoms with E-state index >= 15 is 0 Å². The third-order valence-corrected chi connectivity index (χ3v) is 2.95. The first-order valence-electron chi connectivity index (χ1n) is 5.90. The number of methoxy groups -OCH3 is 1. The quantitative estimate of drug-likeness (QED) is 0.788. The Morgan fingerprint density at radius 3 is 2.60 bits per heavy atom. The molecular formula is C14H11N3O3. The van der Waals surface area contributed by atoms with E-state index in [0.717, 1.165) is 16.9 Å². The van der Waals surface area contributed by atoms with Crippen LogP contribution < -0.4 is 4.74 Å². The summed E-state index contributed by atoms with van der Waals surface area (Å²) in [5.41, 5.74) is 1.81. The minimum Gasteiger partial charge on any atom is -0.497 e. The maximum atomic E-state index is 10.9. The molecule has 0 aliphatic carbocycles. The topological polar surface area (TPSA) is 76.7 Å². The van der Waals surface area contributed by atoms with Crippen LogP contribution in [0.4, 0.5) is 0 Å². The molecule has 0 radical (unpaired) electrons. The lowest BCUT2D eigenvalue weighted by atomic mass is 10.1. The number of hydrogen-bond donors (Lipinski definition) is 1. The molecule has 0 fully saturated rings. The highest BCUT2D eigenvalue weighted by Crippen LogP contribution is 2.21. The summed E-state index contributed by atoms with van der Waals surface area (Å²) < 4.78 is 6.71. The van der Waals surface area contributed by atoms with Crippen molar-refractivity contribution in [2.45, 2.75) is 0 Å². The van der Waals surface area contributed by atoms with Crippen LogP contribution >= 0.6 is 0 Å². The van der Waals surface area contributed by atoms with Crippen molar-refractivity contribution in [1.29, 1.82) is 0 Å². The molecule has 2 heterocycles. The molecule has 0 amide bonds. The number of aromatic nitrogens is 3. The van der Waals surface area contributed by atoms with Gasteiger partial charge < -0.3 is 9.84 Å². The Labute approximate surface area is 114 Å². The predicted molar refractivity (Wildman–Crippen MR) is 71.9 cm³/mol. The predicted octanol–water partition coefficient (Wildman–Crippen LogP) is 2.10. The van der Waals surface area contributed by atoms with Gasteiger partial charge in [0, 0.05) is 24.2 Å². The van der Waals surface area contributed by atoms with Crippen LogP contribution in [0, 0.1) is 0 Å². The van der Waals surface area contributed by atoms with Crippen molar-refractivity contribution in [1.82, 2.24) is 14.4 Å². The third-order valence-electron chi connectivity index (χ3n) is 2.95. The summed E-state index contributed by atoms with van der Waals surface area (Å²) in [7, 11) is 1.61. The summed E-state index contributed by atoms with van der Waals surface area (Å²) in [6.45, 7) is 0. The Morgan fingerprint density at radius 2 is 1.95 bits per heavy atom. The number of imidazole rings is 1. The molecule has 2 aromatic heterocycles. The Kier molecular flexibility index (Phi) is 2.83. The van der Waals surface area contributed by atoms with E-state index in [1.807, 2.05) is 24.3 Å². The molecule has 6 heteroatoms. The first kappa shape index (κ1) is 12.2. The number of fused-ring (bicyclic) bond motifs is 1. The lowest BCUT2D eigenvalue weighted by molar-refractivity contribution is 0.0691. The highest BCUT2D eigenvalue weighted by molar-refractivity contribution is 5.85. The molecule has 20 heavy (non-hydrogen) atoms. The first-order valence-corrected chi connectivity index (χ1v) is 5.90. The van der Waals surface area contributed by atoms with Crippen LogP contribution in [-0.4, -0.2) is 32.6 Å². The van der Waals surface area contributed by atoms with Gasteiger partial charge in [0.1, 0.15) is 5.75 Å².